The highest BCUT2D eigenvalue weighted by atomic mass is 16.5. The number of aromatic nitrogens is 3. The van der Waals surface area contributed by atoms with Gasteiger partial charge in [0.2, 0.25) is 0 Å². The molecule has 5 rings (SSSR count). The first-order valence-corrected chi connectivity index (χ1v) is 13.2. The van der Waals surface area contributed by atoms with Crippen LogP contribution in [0.5, 0.6) is 5.75 Å². The van der Waals surface area contributed by atoms with Crippen molar-refractivity contribution in [3.05, 3.63) is 64.6 Å². The summed E-state index contributed by atoms with van der Waals surface area (Å²) in [5.41, 5.74) is -2.24. The van der Waals surface area contributed by atoms with E-state index in [0.29, 0.717) is 34.8 Å². The second-order valence-electron chi connectivity index (χ2n) is 10.3. The third-order valence-electron chi connectivity index (χ3n) is 7.72. The molecule has 1 aliphatic rings. The molecule has 0 radical (unpaired) electrons. The number of aryl methyl sites for hydroxylation is 1. The van der Waals surface area contributed by atoms with Gasteiger partial charge in [-0.1, -0.05) is 36.6 Å². The number of aliphatic carboxylic acids is 2. The number of ketones is 1. The molecule has 0 atom stereocenters. The Balaban J connectivity index is 1.34. The fourth-order valence-corrected chi connectivity index (χ4v) is 5.26. The van der Waals surface area contributed by atoms with Gasteiger partial charge in [-0.3, -0.25) is 19.2 Å². The minimum Gasteiger partial charge on any atom is -0.493 e. The number of rotatable bonds is 11. The van der Waals surface area contributed by atoms with Crippen molar-refractivity contribution in [2.45, 2.75) is 51.5 Å². The minimum atomic E-state index is -2.50. The highest BCUT2D eigenvalue weighted by Gasteiger charge is 2.48. The summed E-state index contributed by atoms with van der Waals surface area (Å²) >= 11 is 0. The molecule has 11 heteroatoms. The van der Waals surface area contributed by atoms with Gasteiger partial charge in [0.15, 0.2) is 11.2 Å². The van der Waals surface area contributed by atoms with Crippen molar-refractivity contribution < 1.29 is 33.8 Å². The van der Waals surface area contributed by atoms with Gasteiger partial charge < -0.3 is 19.4 Å². The summed E-state index contributed by atoms with van der Waals surface area (Å²) in [6.07, 6.45) is 5.73. The summed E-state index contributed by atoms with van der Waals surface area (Å²) in [5.74, 6) is -2.99. The number of fused-ring (bicyclic) bond motifs is 2. The summed E-state index contributed by atoms with van der Waals surface area (Å²) in [6.45, 7) is 0.235. The molecule has 2 N–H and O–H groups in total. The van der Waals surface area contributed by atoms with Gasteiger partial charge in [0.25, 0.3) is 5.56 Å². The van der Waals surface area contributed by atoms with Crippen LogP contribution < -0.4 is 10.3 Å². The predicted molar refractivity (Wildman–Crippen MR) is 143 cm³/mol. The van der Waals surface area contributed by atoms with E-state index >= 15 is 0 Å². The zero-order valence-corrected chi connectivity index (χ0v) is 21.7. The van der Waals surface area contributed by atoms with Gasteiger partial charge in [0, 0.05) is 24.4 Å². The number of benzene rings is 2. The predicted octanol–water partition coefficient (Wildman–Crippen LogP) is 4.32. The van der Waals surface area contributed by atoms with Crippen molar-refractivity contribution in [2.24, 2.45) is 11.3 Å². The summed E-state index contributed by atoms with van der Waals surface area (Å²) in [5, 5.41) is 28.4. The molecule has 40 heavy (non-hydrogen) atoms. The Kier molecular flexibility index (Phi) is 7.63. The van der Waals surface area contributed by atoms with Gasteiger partial charge in [-0.15, -0.1) is 5.10 Å². The van der Waals surface area contributed by atoms with Gasteiger partial charge >= 0.3 is 11.9 Å². The molecule has 1 saturated carbocycles. The SMILES string of the molecule is O=C(CC(CCn1nnc2ccccc2c1=O)(C(=O)O)C(=O)O)c1coc2cc(OCC3CCCCC3)ccc12. The molecule has 1 aliphatic carbocycles. The van der Waals surface area contributed by atoms with Gasteiger partial charge in [-0.25, -0.2) is 4.68 Å². The normalized spacial score (nSPS) is 14.4. The molecular weight excluding hydrogens is 518 g/mol. The highest BCUT2D eigenvalue weighted by Crippen LogP contribution is 2.34. The molecule has 4 aromatic rings. The van der Waals surface area contributed by atoms with E-state index in [1.807, 2.05) is 0 Å². The monoisotopic (exact) mass is 547 g/mol. The lowest BCUT2D eigenvalue weighted by Gasteiger charge is -2.24. The van der Waals surface area contributed by atoms with E-state index < -0.39 is 41.5 Å². The second-order valence-corrected chi connectivity index (χ2v) is 10.3. The standard InChI is InChI=1S/C29H29N3O8/c33-24(22-17-40-25-14-19(10-11-20(22)25)39-16-18-6-2-1-3-7-18)15-29(27(35)36,28(37)38)12-13-32-26(34)21-8-4-5-9-23(21)30-31-32/h4-5,8-11,14,17-18H,1-3,6-7,12-13,15-16H2,(H,35,36)(H,37,38). The number of carbonyl (C=O) groups excluding carboxylic acids is 1. The Labute approximate surface area is 228 Å². The first kappa shape index (κ1) is 27.0. The first-order chi connectivity index (χ1) is 19.3. The van der Waals surface area contributed by atoms with Crippen LogP contribution in [0, 0.1) is 11.3 Å². The number of carboxylic acid groups (broad SMARTS) is 2. The Hall–Kier alpha value is -4.54. The van der Waals surface area contributed by atoms with Crippen molar-refractivity contribution in [3.63, 3.8) is 0 Å². The van der Waals surface area contributed by atoms with Crippen LogP contribution in [0.3, 0.4) is 0 Å². The zero-order valence-electron chi connectivity index (χ0n) is 21.7. The van der Waals surface area contributed by atoms with E-state index in [-0.39, 0.29) is 17.5 Å². The summed E-state index contributed by atoms with van der Waals surface area (Å²) in [4.78, 5) is 50.7. The van der Waals surface area contributed by atoms with Gasteiger partial charge in [-0.05, 0) is 49.4 Å². The molecule has 0 amide bonds. The number of ether oxygens (including phenoxy) is 1. The number of hydrogen-bond donors (Lipinski definition) is 2. The molecule has 1 fully saturated rings. The summed E-state index contributed by atoms with van der Waals surface area (Å²) in [6, 6.07) is 11.5. The van der Waals surface area contributed by atoms with Crippen molar-refractivity contribution in [1.29, 1.82) is 0 Å². The van der Waals surface area contributed by atoms with E-state index in [2.05, 4.69) is 10.3 Å². The largest absolute Gasteiger partial charge is 0.493 e. The average Bonchev–Trinajstić information content (AvgIpc) is 3.39. The molecule has 0 spiro atoms. The molecule has 0 unspecified atom stereocenters. The number of nitrogens with zero attached hydrogens (tertiary/aromatic N) is 3. The molecule has 208 valence electrons. The molecule has 0 aliphatic heterocycles. The van der Waals surface area contributed by atoms with Gasteiger partial charge in [-0.2, -0.15) is 0 Å². The van der Waals surface area contributed by atoms with E-state index in [4.69, 9.17) is 9.15 Å². The Morgan fingerprint density at radius 2 is 1.77 bits per heavy atom. The quantitative estimate of drug-likeness (QED) is 0.204. The van der Waals surface area contributed by atoms with E-state index in [0.717, 1.165) is 17.5 Å². The third kappa shape index (κ3) is 5.31. The summed E-state index contributed by atoms with van der Waals surface area (Å²) in [7, 11) is 0. The molecule has 0 saturated heterocycles. The van der Waals surface area contributed by atoms with Crippen LogP contribution in [0.15, 0.2) is 57.9 Å². The lowest BCUT2D eigenvalue weighted by Crippen LogP contribution is -2.43. The molecular formula is C29H29N3O8. The van der Waals surface area contributed by atoms with E-state index in [1.54, 1.807) is 42.5 Å². The van der Waals surface area contributed by atoms with Crippen LogP contribution in [0.1, 0.15) is 55.3 Å². The van der Waals surface area contributed by atoms with Crippen LogP contribution in [-0.4, -0.2) is 49.5 Å². The lowest BCUT2D eigenvalue weighted by atomic mass is 9.78. The fourth-order valence-electron chi connectivity index (χ4n) is 5.26. The van der Waals surface area contributed by atoms with Gasteiger partial charge in [0.1, 0.15) is 23.1 Å². The molecule has 2 aromatic carbocycles. The number of carbonyl (C=O) groups is 3. The highest BCUT2D eigenvalue weighted by molar-refractivity contribution is 6.11. The number of furan rings is 1. The molecule has 11 nitrogen and oxygen atoms in total. The van der Waals surface area contributed by atoms with Crippen LogP contribution in [0.4, 0.5) is 0 Å². The summed E-state index contributed by atoms with van der Waals surface area (Å²) < 4.78 is 12.4. The second kappa shape index (κ2) is 11.3. The molecule has 2 heterocycles. The minimum absolute atomic E-state index is 0.0726. The number of carboxylic acids is 2. The fraction of sp³-hybridized carbons (Fsp3) is 0.379. The smallest absolute Gasteiger partial charge is 0.321 e. The van der Waals surface area contributed by atoms with Crippen LogP contribution in [0.25, 0.3) is 21.9 Å². The Bertz CT molecular complexity index is 1620. The maximum atomic E-state index is 13.3. The number of hydrogen-bond acceptors (Lipinski definition) is 8. The lowest BCUT2D eigenvalue weighted by molar-refractivity contribution is -0.165. The zero-order chi connectivity index (χ0) is 28.3. The van der Waals surface area contributed by atoms with Crippen molar-refractivity contribution in [2.75, 3.05) is 6.61 Å². The van der Waals surface area contributed by atoms with Crippen molar-refractivity contribution in [3.8, 4) is 5.75 Å². The Morgan fingerprint density at radius 1 is 1.02 bits per heavy atom. The maximum Gasteiger partial charge on any atom is 0.321 e. The van der Waals surface area contributed by atoms with Crippen LogP contribution in [0.2, 0.25) is 0 Å². The van der Waals surface area contributed by atoms with Crippen LogP contribution >= 0.6 is 0 Å². The molecule has 2 aromatic heterocycles. The average molecular weight is 548 g/mol. The van der Waals surface area contributed by atoms with Crippen LogP contribution in [-0.2, 0) is 16.1 Å². The maximum absolute atomic E-state index is 13.3. The topological polar surface area (TPSA) is 162 Å². The van der Waals surface area contributed by atoms with Crippen molar-refractivity contribution >= 4 is 39.6 Å². The third-order valence-corrected chi connectivity index (χ3v) is 7.72. The molecule has 0 bridgehead atoms. The number of Topliss-reactive ketones (excluding diaryl/α,β-unsaturated/α-hetero) is 1. The van der Waals surface area contributed by atoms with Crippen molar-refractivity contribution in [1.82, 2.24) is 15.0 Å². The van der Waals surface area contributed by atoms with E-state index in [1.165, 1.54) is 25.5 Å². The Morgan fingerprint density at radius 3 is 2.52 bits per heavy atom. The van der Waals surface area contributed by atoms with E-state index in [9.17, 15) is 29.4 Å². The van der Waals surface area contributed by atoms with Gasteiger partial charge in [0.05, 0.1) is 17.6 Å². The first-order valence-electron chi connectivity index (χ1n) is 13.2.